The molecule has 87 valence electrons. The lowest BCUT2D eigenvalue weighted by Gasteiger charge is -2.22. The molecular weight excluding hydrogens is 188 g/mol. The van der Waals surface area contributed by atoms with Gasteiger partial charge in [0.2, 0.25) is 0 Å². The van der Waals surface area contributed by atoms with E-state index in [4.69, 9.17) is 5.73 Å². The van der Waals surface area contributed by atoms with Crippen LogP contribution in [0.2, 0.25) is 0 Å². The molecule has 0 bridgehead atoms. The van der Waals surface area contributed by atoms with Gasteiger partial charge in [0.05, 0.1) is 0 Å². The molecule has 1 radical (unpaired) electrons. The van der Waals surface area contributed by atoms with Crippen LogP contribution in [-0.4, -0.2) is 43.8 Å². The molecule has 4 heteroatoms. The third-order valence-corrected chi connectivity index (χ3v) is 2.96. The van der Waals surface area contributed by atoms with Crippen LogP contribution in [0, 0.1) is 5.92 Å². The van der Waals surface area contributed by atoms with Crippen LogP contribution in [0.15, 0.2) is 0 Å². The van der Waals surface area contributed by atoms with Gasteiger partial charge < -0.3 is 5.73 Å². The Morgan fingerprint density at radius 3 is 2.67 bits per heavy atom. The summed E-state index contributed by atoms with van der Waals surface area (Å²) in [6, 6.07) is 0.697. The van der Waals surface area contributed by atoms with E-state index in [9.17, 15) is 0 Å². The predicted molar refractivity (Wildman–Crippen MR) is 61.4 cm³/mol. The van der Waals surface area contributed by atoms with Crippen molar-refractivity contribution in [1.29, 1.82) is 0 Å². The number of nitrogens with two attached hydrogens (primary N) is 1. The van der Waals surface area contributed by atoms with Crippen LogP contribution in [0.1, 0.15) is 25.7 Å². The number of nitrogens with zero attached hydrogens (tertiary/aromatic N) is 2. The van der Waals surface area contributed by atoms with Gasteiger partial charge in [-0.2, -0.15) is 0 Å². The minimum absolute atomic E-state index is 0.697. The molecule has 3 N–H and O–H groups in total. The summed E-state index contributed by atoms with van der Waals surface area (Å²) in [5.41, 5.74) is 8.88. The summed E-state index contributed by atoms with van der Waals surface area (Å²) >= 11 is 0. The van der Waals surface area contributed by atoms with Crippen molar-refractivity contribution in [2.45, 2.75) is 31.7 Å². The molecule has 0 saturated heterocycles. The molecule has 2 fully saturated rings. The lowest BCUT2D eigenvalue weighted by Crippen LogP contribution is -2.44. The monoisotopic (exact) mass is 211 g/mol. The van der Waals surface area contributed by atoms with E-state index >= 15 is 0 Å². The summed E-state index contributed by atoms with van der Waals surface area (Å²) in [6.45, 7) is 4.80. The molecule has 0 unspecified atom stereocenters. The highest BCUT2D eigenvalue weighted by atomic mass is 15.5. The van der Waals surface area contributed by atoms with Crippen molar-refractivity contribution in [3.63, 3.8) is 0 Å². The maximum absolute atomic E-state index is 5.50. The fourth-order valence-corrected chi connectivity index (χ4v) is 1.69. The Hall–Kier alpha value is -0.160. The molecule has 0 aromatic heterocycles. The summed E-state index contributed by atoms with van der Waals surface area (Å²) in [5.74, 6) is 0.927. The Morgan fingerprint density at radius 2 is 2.07 bits per heavy atom. The second kappa shape index (κ2) is 5.80. The maximum atomic E-state index is 5.50. The highest BCUT2D eigenvalue weighted by molar-refractivity contribution is 4.81. The van der Waals surface area contributed by atoms with Crippen LogP contribution in [-0.2, 0) is 0 Å². The highest BCUT2D eigenvalue weighted by Crippen LogP contribution is 2.29. The van der Waals surface area contributed by atoms with Crippen molar-refractivity contribution in [3.8, 4) is 0 Å². The van der Waals surface area contributed by atoms with Gasteiger partial charge in [0.1, 0.15) is 0 Å². The first kappa shape index (κ1) is 11.3. The molecule has 0 atom stereocenters. The summed E-state index contributed by atoms with van der Waals surface area (Å²) in [4.78, 5) is 0. The van der Waals surface area contributed by atoms with E-state index in [2.05, 4.69) is 15.8 Å². The molecule has 0 heterocycles. The van der Waals surface area contributed by atoms with Gasteiger partial charge in [-0.3, -0.25) is 5.43 Å². The molecule has 2 aliphatic carbocycles. The second-order valence-corrected chi connectivity index (χ2v) is 4.72. The van der Waals surface area contributed by atoms with Gasteiger partial charge in [-0.15, -0.1) is 0 Å². The molecule has 0 amide bonds. The third kappa shape index (κ3) is 4.93. The van der Waals surface area contributed by atoms with Gasteiger partial charge in [0.15, 0.2) is 0 Å². The van der Waals surface area contributed by atoms with Crippen LogP contribution in [0.25, 0.3) is 0 Å². The quantitative estimate of drug-likeness (QED) is 0.525. The van der Waals surface area contributed by atoms with Gasteiger partial charge in [0.25, 0.3) is 0 Å². The third-order valence-electron chi connectivity index (χ3n) is 2.96. The summed E-state index contributed by atoms with van der Waals surface area (Å²) < 4.78 is 0. The maximum Gasteiger partial charge on any atom is 0.0278 e. The van der Waals surface area contributed by atoms with Gasteiger partial charge in [-0.1, -0.05) is 0 Å². The Balaban J connectivity index is 1.56. The Morgan fingerprint density at radius 1 is 1.27 bits per heavy atom. The molecule has 0 aliphatic heterocycles. The molecule has 0 aromatic rings. The van der Waals surface area contributed by atoms with Crippen molar-refractivity contribution >= 4 is 0 Å². The standard InChI is InChI=1S/C11H23N4/c12-5-6-14-15(9-10-1-2-10)8-7-13-11-3-4-11/h10-11,14H,1-9,12H2. The molecule has 0 spiro atoms. The lowest BCUT2D eigenvalue weighted by atomic mass is 10.4. The minimum atomic E-state index is 0.697. The fraction of sp³-hybridized carbons (Fsp3) is 1.00. The molecule has 15 heavy (non-hydrogen) atoms. The van der Waals surface area contributed by atoms with Crippen molar-refractivity contribution in [1.82, 2.24) is 15.8 Å². The first-order chi connectivity index (χ1) is 7.38. The number of rotatable bonds is 9. The first-order valence-corrected chi connectivity index (χ1v) is 6.23. The zero-order valence-corrected chi connectivity index (χ0v) is 9.49. The summed E-state index contributed by atoms with van der Waals surface area (Å²) in [7, 11) is 0. The SMILES string of the molecule is NCCNN(CC[N]C1CC1)CC1CC1. The normalized spacial score (nSPS) is 21.2. The largest absolute Gasteiger partial charge is 0.329 e. The molecule has 0 aromatic carbocycles. The number of hydrazine groups is 1. The van der Waals surface area contributed by atoms with E-state index in [-0.39, 0.29) is 0 Å². The van der Waals surface area contributed by atoms with Gasteiger partial charge in [0, 0.05) is 38.8 Å². The van der Waals surface area contributed by atoms with Crippen molar-refractivity contribution in [2.75, 3.05) is 32.7 Å². The Bertz CT molecular complexity index is 177. The lowest BCUT2D eigenvalue weighted by molar-refractivity contribution is 0.181. The average Bonchev–Trinajstić information content (AvgIpc) is 3.07. The van der Waals surface area contributed by atoms with Crippen LogP contribution < -0.4 is 16.5 Å². The number of nitrogens with one attached hydrogen (secondary N) is 1. The summed E-state index contributed by atoms with van der Waals surface area (Å²) in [5, 5.41) is 6.91. The average molecular weight is 211 g/mol. The second-order valence-electron chi connectivity index (χ2n) is 4.72. The van der Waals surface area contributed by atoms with E-state index in [0.717, 1.165) is 25.6 Å². The zero-order chi connectivity index (χ0) is 10.5. The summed E-state index contributed by atoms with van der Waals surface area (Å²) in [6.07, 6.45) is 5.44. The van der Waals surface area contributed by atoms with Gasteiger partial charge >= 0.3 is 0 Å². The zero-order valence-electron chi connectivity index (χ0n) is 9.49. The van der Waals surface area contributed by atoms with Crippen molar-refractivity contribution in [3.05, 3.63) is 0 Å². The molecule has 2 aliphatic rings. The van der Waals surface area contributed by atoms with Crippen molar-refractivity contribution < 1.29 is 0 Å². The highest BCUT2D eigenvalue weighted by Gasteiger charge is 2.25. The molecule has 2 saturated carbocycles. The molecule has 4 nitrogen and oxygen atoms in total. The van der Waals surface area contributed by atoms with E-state index in [1.54, 1.807) is 0 Å². The topological polar surface area (TPSA) is 55.4 Å². The van der Waals surface area contributed by atoms with Crippen LogP contribution in [0.3, 0.4) is 0 Å². The van der Waals surface area contributed by atoms with Crippen LogP contribution in [0.4, 0.5) is 0 Å². The Labute approximate surface area is 92.5 Å². The Kier molecular flexibility index (Phi) is 4.38. The minimum Gasteiger partial charge on any atom is -0.329 e. The van der Waals surface area contributed by atoms with Gasteiger partial charge in [-0.05, 0) is 31.6 Å². The smallest absolute Gasteiger partial charge is 0.0278 e. The van der Waals surface area contributed by atoms with Crippen molar-refractivity contribution in [2.24, 2.45) is 11.7 Å². The van der Waals surface area contributed by atoms with Gasteiger partial charge in [-0.25, -0.2) is 10.3 Å². The number of hydrogen-bond acceptors (Lipinski definition) is 3. The van der Waals surface area contributed by atoms with Crippen LogP contribution >= 0.6 is 0 Å². The van der Waals surface area contributed by atoms with E-state index < -0.39 is 0 Å². The number of hydrogen-bond donors (Lipinski definition) is 2. The molecular formula is C11H23N4. The predicted octanol–water partition coefficient (Wildman–Crippen LogP) is -0.0715. The van der Waals surface area contributed by atoms with E-state index in [1.165, 1.54) is 32.2 Å². The van der Waals surface area contributed by atoms with E-state index in [1.807, 2.05) is 0 Å². The fourth-order valence-electron chi connectivity index (χ4n) is 1.69. The molecule has 2 rings (SSSR count). The van der Waals surface area contributed by atoms with E-state index in [0.29, 0.717) is 12.6 Å². The van der Waals surface area contributed by atoms with Crippen LogP contribution in [0.5, 0.6) is 0 Å². The first-order valence-electron chi connectivity index (χ1n) is 6.23.